The van der Waals surface area contributed by atoms with Gasteiger partial charge in [0, 0.05) is 25.9 Å². The number of amides is 4. The van der Waals surface area contributed by atoms with Gasteiger partial charge in [-0.15, -0.1) is 0 Å². The predicted molar refractivity (Wildman–Crippen MR) is 98.8 cm³/mol. The van der Waals surface area contributed by atoms with Crippen LogP contribution in [0.2, 0.25) is 0 Å². The van der Waals surface area contributed by atoms with Crippen molar-refractivity contribution < 1.29 is 18.8 Å². The van der Waals surface area contributed by atoms with Crippen LogP contribution in [0, 0.1) is 0 Å². The molecule has 1 fully saturated rings. The van der Waals surface area contributed by atoms with Crippen molar-refractivity contribution in [2.24, 2.45) is 0 Å². The number of rotatable bonds is 9. The van der Waals surface area contributed by atoms with Crippen LogP contribution in [0.25, 0.3) is 0 Å². The van der Waals surface area contributed by atoms with Gasteiger partial charge in [0.25, 0.3) is 5.91 Å². The Balaban J connectivity index is 1.39. The van der Waals surface area contributed by atoms with E-state index < -0.39 is 6.04 Å². The van der Waals surface area contributed by atoms with Crippen molar-refractivity contribution in [1.29, 1.82) is 0 Å². The number of benzene rings is 1. The van der Waals surface area contributed by atoms with E-state index in [2.05, 4.69) is 10.6 Å². The van der Waals surface area contributed by atoms with Crippen LogP contribution >= 0.6 is 0 Å². The van der Waals surface area contributed by atoms with Gasteiger partial charge < -0.3 is 15.1 Å². The van der Waals surface area contributed by atoms with E-state index in [1.54, 1.807) is 12.3 Å². The first-order valence-electron chi connectivity index (χ1n) is 9.08. The van der Waals surface area contributed by atoms with E-state index in [-0.39, 0.29) is 24.3 Å². The molecule has 0 spiro atoms. The minimum absolute atomic E-state index is 0.147. The molecule has 2 heterocycles. The summed E-state index contributed by atoms with van der Waals surface area (Å²) in [4.78, 5) is 37.6. The maximum atomic E-state index is 12.4. The number of imide groups is 1. The van der Waals surface area contributed by atoms with E-state index in [4.69, 9.17) is 4.42 Å². The number of carbonyl (C=O) groups excluding carboxylic acids is 3. The van der Waals surface area contributed by atoms with Gasteiger partial charge in [-0.2, -0.15) is 0 Å². The lowest BCUT2D eigenvalue weighted by Gasteiger charge is -2.13. The van der Waals surface area contributed by atoms with Crippen molar-refractivity contribution in [3.8, 4) is 0 Å². The summed E-state index contributed by atoms with van der Waals surface area (Å²) >= 11 is 0. The Hall–Kier alpha value is -3.09. The fourth-order valence-electron chi connectivity index (χ4n) is 3.01. The number of hydrogen-bond donors (Lipinski definition) is 2. The van der Waals surface area contributed by atoms with Gasteiger partial charge in [0.1, 0.15) is 11.8 Å². The van der Waals surface area contributed by atoms with Crippen molar-refractivity contribution in [3.63, 3.8) is 0 Å². The Labute approximate surface area is 157 Å². The van der Waals surface area contributed by atoms with Crippen LogP contribution in [-0.4, -0.2) is 41.9 Å². The zero-order valence-corrected chi connectivity index (χ0v) is 15.0. The third-order valence-electron chi connectivity index (χ3n) is 4.51. The molecular formula is C20H23N3O4. The van der Waals surface area contributed by atoms with Crippen molar-refractivity contribution in [1.82, 2.24) is 15.5 Å². The molecule has 0 radical (unpaired) electrons. The number of nitrogens with zero attached hydrogens (tertiary/aromatic N) is 1. The monoisotopic (exact) mass is 369 g/mol. The van der Waals surface area contributed by atoms with Crippen LogP contribution in [0.4, 0.5) is 4.79 Å². The second-order valence-electron chi connectivity index (χ2n) is 6.45. The smallest absolute Gasteiger partial charge is 0.324 e. The Kier molecular flexibility index (Phi) is 6.25. The van der Waals surface area contributed by atoms with Crippen LogP contribution in [0.5, 0.6) is 0 Å². The summed E-state index contributed by atoms with van der Waals surface area (Å²) < 4.78 is 5.20. The molecule has 7 heteroatoms. The number of hydrogen-bond acceptors (Lipinski definition) is 4. The van der Waals surface area contributed by atoms with Gasteiger partial charge in [-0.1, -0.05) is 30.3 Å². The lowest BCUT2D eigenvalue weighted by molar-refractivity contribution is -0.127. The van der Waals surface area contributed by atoms with Gasteiger partial charge in [-0.05, 0) is 30.5 Å². The molecule has 3 rings (SSSR count). The van der Waals surface area contributed by atoms with Crippen LogP contribution in [0.15, 0.2) is 53.1 Å². The number of urea groups is 1. The summed E-state index contributed by atoms with van der Waals surface area (Å²) in [7, 11) is 0. The lowest BCUT2D eigenvalue weighted by atomic mass is 10.1. The molecule has 0 saturated carbocycles. The third kappa shape index (κ3) is 5.20. The zero-order valence-electron chi connectivity index (χ0n) is 15.0. The lowest BCUT2D eigenvalue weighted by Crippen LogP contribution is -2.34. The number of carbonyl (C=O) groups is 3. The molecular weight excluding hydrogens is 346 g/mol. The highest BCUT2D eigenvalue weighted by molar-refractivity contribution is 6.04. The Bertz CT molecular complexity index is 774. The molecule has 1 saturated heterocycles. The first-order valence-corrected chi connectivity index (χ1v) is 9.08. The molecule has 0 bridgehead atoms. The number of nitrogens with one attached hydrogen (secondary N) is 2. The largest absolute Gasteiger partial charge is 0.469 e. The van der Waals surface area contributed by atoms with Crippen LogP contribution in [0.1, 0.15) is 24.2 Å². The topological polar surface area (TPSA) is 91.7 Å². The highest BCUT2D eigenvalue weighted by Gasteiger charge is 2.37. The van der Waals surface area contributed by atoms with Gasteiger partial charge in [-0.25, -0.2) is 4.79 Å². The predicted octanol–water partition coefficient (Wildman–Crippen LogP) is 1.88. The van der Waals surface area contributed by atoms with Crippen LogP contribution in [-0.2, 0) is 22.4 Å². The van der Waals surface area contributed by atoms with Crippen molar-refractivity contribution in [2.45, 2.75) is 31.7 Å². The van der Waals surface area contributed by atoms with E-state index in [1.807, 2.05) is 36.4 Å². The summed E-state index contributed by atoms with van der Waals surface area (Å²) in [5.41, 5.74) is 1.07. The zero-order chi connectivity index (χ0) is 19.1. The number of furan rings is 1. The molecule has 1 atom stereocenters. The molecule has 7 nitrogen and oxygen atoms in total. The molecule has 0 aliphatic carbocycles. The molecule has 0 unspecified atom stereocenters. The maximum absolute atomic E-state index is 12.4. The van der Waals surface area contributed by atoms with E-state index in [1.165, 1.54) is 4.90 Å². The van der Waals surface area contributed by atoms with Gasteiger partial charge in [-0.3, -0.25) is 14.5 Å². The average molecular weight is 369 g/mol. The molecule has 27 heavy (non-hydrogen) atoms. The highest BCUT2D eigenvalue weighted by atomic mass is 16.3. The first-order chi connectivity index (χ1) is 13.1. The van der Waals surface area contributed by atoms with Gasteiger partial charge in [0.15, 0.2) is 0 Å². The molecule has 1 aliphatic heterocycles. The molecule has 1 aliphatic rings. The Morgan fingerprint density at radius 1 is 1.11 bits per heavy atom. The van der Waals surface area contributed by atoms with Crippen molar-refractivity contribution >= 4 is 17.8 Å². The Morgan fingerprint density at radius 2 is 1.93 bits per heavy atom. The summed E-state index contributed by atoms with van der Waals surface area (Å²) in [6, 6.07) is 12.3. The normalized spacial score (nSPS) is 16.4. The van der Waals surface area contributed by atoms with Crippen LogP contribution in [0.3, 0.4) is 0 Å². The summed E-state index contributed by atoms with van der Waals surface area (Å²) in [5, 5.41) is 5.46. The standard InChI is InChI=1S/C20H23N3O4/c24-18(21-12-10-16-7-4-14-27-16)9-8-17-19(25)23(20(26)22-17)13-11-15-5-2-1-3-6-15/h1-7,14,17H,8-13H2,(H,21,24)(H,22,26)/t17-/m0/s1. The summed E-state index contributed by atoms with van der Waals surface area (Å²) in [6.07, 6.45) is 3.29. The fourth-order valence-corrected chi connectivity index (χ4v) is 3.01. The maximum Gasteiger partial charge on any atom is 0.324 e. The minimum atomic E-state index is -0.635. The quantitative estimate of drug-likeness (QED) is 0.660. The van der Waals surface area contributed by atoms with E-state index in [0.29, 0.717) is 32.4 Å². The highest BCUT2D eigenvalue weighted by Crippen LogP contribution is 2.12. The summed E-state index contributed by atoms with van der Waals surface area (Å²) in [5.74, 6) is 0.397. The molecule has 1 aromatic heterocycles. The van der Waals surface area contributed by atoms with E-state index in [0.717, 1.165) is 11.3 Å². The van der Waals surface area contributed by atoms with E-state index in [9.17, 15) is 14.4 Å². The third-order valence-corrected chi connectivity index (χ3v) is 4.51. The second kappa shape index (κ2) is 9.02. The first kappa shape index (κ1) is 18.7. The second-order valence-corrected chi connectivity index (χ2v) is 6.45. The average Bonchev–Trinajstić information content (AvgIpc) is 3.28. The Morgan fingerprint density at radius 3 is 2.67 bits per heavy atom. The van der Waals surface area contributed by atoms with Gasteiger partial charge >= 0.3 is 6.03 Å². The molecule has 1 aromatic carbocycles. The van der Waals surface area contributed by atoms with Crippen molar-refractivity contribution in [2.75, 3.05) is 13.1 Å². The fraction of sp³-hybridized carbons (Fsp3) is 0.350. The van der Waals surface area contributed by atoms with E-state index >= 15 is 0 Å². The van der Waals surface area contributed by atoms with Crippen molar-refractivity contribution in [3.05, 3.63) is 60.1 Å². The van der Waals surface area contributed by atoms with Gasteiger partial charge in [0.05, 0.1) is 6.26 Å². The minimum Gasteiger partial charge on any atom is -0.469 e. The van der Waals surface area contributed by atoms with Crippen LogP contribution < -0.4 is 10.6 Å². The summed E-state index contributed by atoms with van der Waals surface area (Å²) in [6.45, 7) is 0.807. The molecule has 142 valence electrons. The SMILES string of the molecule is O=C(CC[C@@H]1NC(=O)N(CCc2ccccc2)C1=O)NCCc1ccco1. The molecule has 2 aromatic rings. The molecule has 2 N–H and O–H groups in total. The molecule has 4 amide bonds. The van der Waals surface area contributed by atoms with Gasteiger partial charge in [0.2, 0.25) is 5.91 Å².